The number of carbonyl (C=O) groups is 3. The molecule has 0 aliphatic rings. The molecule has 1 N–H and O–H groups in total. The van der Waals surface area contributed by atoms with E-state index in [9.17, 15) is 14.4 Å². The molecular weight excluding hydrogens is 202 g/mol. The Kier molecular flexibility index (Phi) is 4.83. The maximum Gasteiger partial charge on any atom is 0.237 e. The topological polar surface area (TPSA) is 63.2 Å². The van der Waals surface area contributed by atoms with Gasteiger partial charge >= 0.3 is 0 Å². The largest absolute Gasteiger partial charge is 0.296 e. The van der Waals surface area contributed by atoms with E-state index in [1.54, 1.807) is 20.8 Å². The van der Waals surface area contributed by atoms with E-state index in [4.69, 9.17) is 0 Å². The van der Waals surface area contributed by atoms with Gasteiger partial charge in [-0.05, 0) is 0 Å². The van der Waals surface area contributed by atoms with E-state index < -0.39 is 17.2 Å². The van der Waals surface area contributed by atoms with Crippen molar-refractivity contribution in [1.29, 1.82) is 0 Å². The zero-order valence-electron chi connectivity index (χ0n) is 8.84. The molecule has 80 valence electrons. The number of thioether (sulfide) groups is 1. The Balaban J connectivity index is 3.90. The fourth-order valence-corrected chi connectivity index (χ4v) is 1.35. The first-order chi connectivity index (χ1) is 6.23. The third-order valence-electron chi connectivity index (χ3n) is 1.26. The second-order valence-electron chi connectivity index (χ2n) is 3.93. The first-order valence-electron chi connectivity index (χ1n) is 4.21. The highest BCUT2D eigenvalue weighted by molar-refractivity contribution is 8.14. The molecule has 0 aliphatic carbocycles. The normalized spacial score (nSPS) is 10.9. The van der Waals surface area contributed by atoms with Gasteiger partial charge in [0, 0.05) is 12.3 Å². The second-order valence-corrected chi connectivity index (χ2v) is 4.88. The molecule has 4 nitrogen and oxygen atoms in total. The summed E-state index contributed by atoms with van der Waals surface area (Å²) in [6.45, 7) is 6.61. The molecule has 0 rings (SSSR count). The lowest BCUT2D eigenvalue weighted by Gasteiger charge is -2.14. The summed E-state index contributed by atoms with van der Waals surface area (Å²) in [6, 6.07) is 0. The van der Waals surface area contributed by atoms with Crippen molar-refractivity contribution in [2.24, 2.45) is 5.41 Å². The molecule has 0 aromatic heterocycles. The summed E-state index contributed by atoms with van der Waals surface area (Å²) in [6.07, 6.45) is 0. The van der Waals surface area contributed by atoms with Crippen LogP contribution in [0.2, 0.25) is 0 Å². The maximum atomic E-state index is 11.4. The monoisotopic (exact) mass is 217 g/mol. The lowest BCUT2D eigenvalue weighted by atomic mass is 10.00. The molecule has 0 saturated carbocycles. The van der Waals surface area contributed by atoms with Crippen LogP contribution >= 0.6 is 11.8 Å². The molecule has 0 spiro atoms. The van der Waals surface area contributed by atoms with Gasteiger partial charge in [-0.25, -0.2) is 0 Å². The van der Waals surface area contributed by atoms with Crippen LogP contribution in [0.25, 0.3) is 0 Å². The van der Waals surface area contributed by atoms with Crippen molar-refractivity contribution in [2.45, 2.75) is 27.7 Å². The van der Waals surface area contributed by atoms with Crippen molar-refractivity contribution in [3.63, 3.8) is 0 Å². The predicted octanol–water partition coefficient (Wildman–Crippen LogP) is 0.955. The van der Waals surface area contributed by atoms with E-state index >= 15 is 0 Å². The molecule has 0 radical (unpaired) electrons. The minimum Gasteiger partial charge on any atom is -0.296 e. The molecule has 0 heterocycles. The fourth-order valence-electron chi connectivity index (χ4n) is 0.580. The van der Waals surface area contributed by atoms with E-state index in [0.29, 0.717) is 0 Å². The second kappa shape index (κ2) is 5.14. The van der Waals surface area contributed by atoms with Gasteiger partial charge in [-0.15, -0.1) is 0 Å². The molecule has 14 heavy (non-hydrogen) atoms. The van der Waals surface area contributed by atoms with Gasteiger partial charge in [0.05, 0.1) is 5.75 Å². The van der Waals surface area contributed by atoms with Crippen molar-refractivity contribution < 1.29 is 14.4 Å². The van der Waals surface area contributed by atoms with Crippen molar-refractivity contribution in [2.75, 3.05) is 5.75 Å². The van der Waals surface area contributed by atoms with Crippen LogP contribution in [0.4, 0.5) is 0 Å². The van der Waals surface area contributed by atoms with Crippen LogP contribution in [-0.4, -0.2) is 22.7 Å². The average molecular weight is 217 g/mol. The van der Waals surface area contributed by atoms with Crippen LogP contribution < -0.4 is 5.32 Å². The Morgan fingerprint density at radius 1 is 1.21 bits per heavy atom. The lowest BCUT2D eigenvalue weighted by molar-refractivity contribution is -0.128. The van der Waals surface area contributed by atoms with Gasteiger partial charge in [0.25, 0.3) is 0 Å². The molecule has 0 aliphatic heterocycles. The summed E-state index contributed by atoms with van der Waals surface area (Å²) in [4.78, 5) is 32.8. The molecular formula is C9H15NO3S. The average Bonchev–Trinajstić information content (AvgIpc) is 1.96. The van der Waals surface area contributed by atoms with E-state index in [2.05, 4.69) is 5.32 Å². The van der Waals surface area contributed by atoms with E-state index in [-0.39, 0.29) is 10.9 Å². The van der Waals surface area contributed by atoms with Gasteiger partial charge in [0.2, 0.25) is 11.8 Å². The van der Waals surface area contributed by atoms with Gasteiger partial charge < -0.3 is 0 Å². The van der Waals surface area contributed by atoms with Crippen LogP contribution in [0.3, 0.4) is 0 Å². The van der Waals surface area contributed by atoms with Gasteiger partial charge in [0.1, 0.15) is 0 Å². The Morgan fingerprint density at radius 3 is 2.07 bits per heavy atom. The van der Waals surface area contributed by atoms with Crippen molar-refractivity contribution in [3.8, 4) is 0 Å². The summed E-state index contributed by atoms with van der Waals surface area (Å²) in [7, 11) is 0. The first kappa shape index (κ1) is 13.2. The van der Waals surface area contributed by atoms with Crippen molar-refractivity contribution >= 4 is 28.7 Å². The van der Waals surface area contributed by atoms with Crippen LogP contribution in [0.1, 0.15) is 27.7 Å². The molecule has 0 bridgehead atoms. The Morgan fingerprint density at radius 2 is 1.71 bits per heavy atom. The molecule has 0 saturated heterocycles. The highest BCUT2D eigenvalue weighted by Crippen LogP contribution is 2.22. The van der Waals surface area contributed by atoms with Crippen LogP contribution in [0.15, 0.2) is 0 Å². The van der Waals surface area contributed by atoms with Crippen LogP contribution in [-0.2, 0) is 14.4 Å². The maximum absolute atomic E-state index is 11.4. The molecule has 0 unspecified atom stereocenters. The standard InChI is InChI=1S/C9H15NO3S/c1-6(11)10-7(12)5-14-8(13)9(2,3)4/h5H2,1-4H3,(H,10,11,12). The smallest absolute Gasteiger partial charge is 0.237 e. The van der Waals surface area contributed by atoms with Gasteiger partial charge in [-0.2, -0.15) is 0 Å². The van der Waals surface area contributed by atoms with Gasteiger partial charge in [0.15, 0.2) is 5.12 Å². The minimum absolute atomic E-state index is 0.00428. The zero-order valence-corrected chi connectivity index (χ0v) is 9.66. The number of carbonyl (C=O) groups excluding carboxylic acids is 3. The third-order valence-corrected chi connectivity index (χ3v) is 2.54. The molecule has 0 aromatic rings. The fraction of sp³-hybridized carbons (Fsp3) is 0.667. The molecule has 0 atom stereocenters. The summed E-state index contributed by atoms with van der Waals surface area (Å²) in [5.41, 5.74) is -0.457. The number of rotatable bonds is 2. The lowest BCUT2D eigenvalue weighted by Crippen LogP contribution is -2.30. The van der Waals surface area contributed by atoms with E-state index in [1.165, 1.54) is 6.92 Å². The molecule has 0 aromatic carbocycles. The van der Waals surface area contributed by atoms with Crippen LogP contribution in [0, 0.1) is 5.41 Å². The highest BCUT2D eigenvalue weighted by Gasteiger charge is 2.22. The third kappa shape index (κ3) is 5.75. The van der Waals surface area contributed by atoms with Crippen molar-refractivity contribution in [1.82, 2.24) is 5.32 Å². The molecule has 5 heteroatoms. The number of imide groups is 1. The predicted molar refractivity (Wildman–Crippen MR) is 55.7 cm³/mol. The Bertz CT molecular complexity index is 255. The Hall–Kier alpha value is -0.840. The highest BCUT2D eigenvalue weighted by atomic mass is 32.2. The number of amides is 2. The molecule has 2 amide bonds. The number of nitrogens with one attached hydrogen (secondary N) is 1. The van der Waals surface area contributed by atoms with Gasteiger partial charge in [-0.3, -0.25) is 19.7 Å². The Labute approximate surface area is 87.8 Å². The van der Waals surface area contributed by atoms with Crippen LogP contribution in [0.5, 0.6) is 0 Å². The summed E-state index contributed by atoms with van der Waals surface area (Å²) in [5, 5.41) is 2.04. The summed E-state index contributed by atoms with van der Waals surface area (Å²) < 4.78 is 0. The number of hydrogen-bond acceptors (Lipinski definition) is 4. The summed E-state index contributed by atoms with van der Waals surface area (Å²) in [5.74, 6) is -0.839. The minimum atomic E-state index is -0.457. The quantitative estimate of drug-likeness (QED) is 0.748. The number of hydrogen-bond donors (Lipinski definition) is 1. The molecule has 0 fully saturated rings. The van der Waals surface area contributed by atoms with E-state index in [0.717, 1.165) is 11.8 Å². The van der Waals surface area contributed by atoms with Gasteiger partial charge in [-0.1, -0.05) is 32.5 Å². The van der Waals surface area contributed by atoms with Crippen molar-refractivity contribution in [3.05, 3.63) is 0 Å². The first-order valence-corrected chi connectivity index (χ1v) is 5.19. The zero-order chi connectivity index (χ0) is 11.4. The summed E-state index contributed by atoms with van der Waals surface area (Å²) >= 11 is 0.930. The SMILES string of the molecule is CC(=O)NC(=O)CSC(=O)C(C)(C)C. The van der Waals surface area contributed by atoms with E-state index in [1.807, 2.05) is 0 Å².